The van der Waals surface area contributed by atoms with Gasteiger partial charge in [0, 0.05) is 5.33 Å². The van der Waals surface area contributed by atoms with E-state index < -0.39 is 11.6 Å². The van der Waals surface area contributed by atoms with Crippen molar-refractivity contribution in [3.63, 3.8) is 0 Å². The molecule has 0 aliphatic carbocycles. The number of ether oxygens (including phenoxy) is 2. The van der Waals surface area contributed by atoms with E-state index in [1.165, 1.54) is 6.07 Å². The highest BCUT2D eigenvalue weighted by molar-refractivity contribution is 9.10. The maximum absolute atomic E-state index is 13.2. The Hall–Kier alpha value is -1.14. The lowest BCUT2D eigenvalue weighted by atomic mass is 10.2. The van der Waals surface area contributed by atoms with Crippen LogP contribution in [-0.2, 0) is 11.9 Å². The van der Waals surface area contributed by atoms with Gasteiger partial charge in [0.1, 0.15) is 6.61 Å². The largest absolute Gasteiger partial charge is 0.493 e. The third-order valence-corrected chi connectivity index (χ3v) is 4.05. The normalized spacial score (nSPS) is 10.5. The van der Waals surface area contributed by atoms with Gasteiger partial charge in [-0.3, -0.25) is 0 Å². The quantitative estimate of drug-likeness (QED) is 0.617. The first kappa shape index (κ1) is 16.2. The first-order valence-corrected chi connectivity index (χ1v) is 7.95. The van der Waals surface area contributed by atoms with E-state index in [0.29, 0.717) is 22.4 Å². The van der Waals surface area contributed by atoms with Crippen molar-refractivity contribution in [2.24, 2.45) is 0 Å². The topological polar surface area (TPSA) is 18.5 Å². The summed E-state index contributed by atoms with van der Waals surface area (Å²) >= 11 is 6.79. The molecule has 0 aromatic heterocycles. The fraction of sp³-hybridized carbons (Fsp3) is 0.200. The van der Waals surface area contributed by atoms with Crippen LogP contribution in [0.5, 0.6) is 11.5 Å². The minimum atomic E-state index is -0.892. The molecule has 6 heteroatoms. The summed E-state index contributed by atoms with van der Waals surface area (Å²) in [6, 6.07) is 7.42. The number of hydrogen-bond acceptors (Lipinski definition) is 2. The van der Waals surface area contributed by atoms with Gasteiger partial charge in [-0.2, -0.15) is 0 Å². The summed E-state index contributed by atoms with van der Waals surface area (Å²) in [6.45, 7) is 0.111. The predicted molar refractivity (Wildman–Crippen MR) is 84.0 cm³/mol. The average molecular weight is 422 g/mol. The Morgan fingerprint density at radius 1 is 1.05 bits per heavy atom. The van der Waals surface area contributed by atoms with Crippen LogP contribution in [0.3, 0.4) is 0 Å². The van der Waals surface area contributed by atoms with E-state index in [1.807, 2.05) is 12.1 Å². The Morgan fingerprint density at radius 2 is 1.81 bits per heavy atom. The maximum Gasteiger partial charge on any atom is 0.175 e. The van der Waals surface area contributed by atoms with Gasteiger partial charge in [-0.05, 0) is 51.3 Å². The first-order valence-electron chi connectivity index (χ1n) is 6.04. The molecule has 2 rings (SSSR count). The molecule has 2 nitrogen and oxygen atoms in total. The Bertz CT molecular complexity index is 648. The molecule has 0 heterocycles. The molecule has 0 bridgehead atoms. The highest BCUT2D eigenvalue weighted by Crippen LogP contribution is 2.37. The van der Waals surface area contributed by atoms with Gasteiger partial charge in [0.2, 0.25) is 0 Å². The van der Waals surface area contributed by atoms with E-state index >= 15 is 0 Å². The van der Waals surface area contributed by atoms with Crippen LogP contribution < -0.4 is 9.47 Å². The number of alkyl halides is 1. The second-order valence-electron chi connectivity index (χ2n) is 4.28. The second-order valence-corrected chi connectivity index (χ2v) is 5.69. The molecule has 0 fully saturated rings. The standard InChI is InChI=1S/C15H12Br2F2O2/c1-20-14-6-10(7-16)4-11(17)15(14)21-8-9-2-3-12(18)13(19)5-9/h2-6H,7-8H2,1H3. The Balaban J connectivity index is 2.21. The van der Waals surface area contributed by atoms with Crippen molar-refractivity contribution in [1.82, 2.24) is 0 Å². The van der Waals surface area contributed by atoms with Crippen molar-refractivity contribution in [3.05, 3.63) is 57.6 Å². The molecule has 0 aliphatic rings. The summed E-state index contributed by atoms with van der Waals surface area (Å²) in [7, 11) is 1.55. The van der Waals surface area contributed by atoms with Crippen molar-refractivity contribution in [3.8, 4) is 11.5 Å². The van der Waals surface area contributed by atoms with Gasteiger partial charge in [0.25, 0.3) is 0 Å². The molecule has 0 saturated heterocycles. The van der Waals surface area contributed by atoms with Gasteiger partial charge in [-0.15, -0.1) is 0 Å². The summed E-state index contributed by atoms with van der Waals surface area (Å²) in [5.74, 6) is -0.677. The molecule has 0 atom stereocenters. The van der Waals surface area contributed by atoms with E-state index in [9.17, 15) is 8.78 Å². The smallest absolute Gasteiger partial charge is 0.175 e. The zero-order valence-electron chi connectivity index (χ0n) is 11.1. The lowest BCUT2D eigenvalue weighted by molar-refractivity contribution is 0.281. The minimum absolute atomic E-state index is 0.111. The van der Waals surface area contributed by atoms with Crippen LogP contribution in [0, 0.1) is 11.6 Å². The molecule has 0 unspecified atom stereocenters. The SMILES string of the molecule is COc1cc(CBr)cc(Br)c1OCc1ccc(F)c(F)c1. The molecule has 21 heavy (non-hydrogen) atoms. The van der Waals surface area contributed by atoms with Crippen molar-refractivity contribution >= 4 is 31.9 Å². The van der Waals surface area contributed by atoms with Gasteiger partial charge in [-0.25, -0.2) is 8.78 Å². The van der Waals surface area contributed by atoms with Crippen LogP contribution in [-0.4, -0.2) is 7.11 Å². The lowest BCUT2D eigenvalue weighted by Crippen LogP contribution is -2.00. The third-order valence-electron chi connectivity index (χ3n) is 2.81. The second kappa shape index (κ2) is 7.22. The molecular formula is C15H12Br2F2O2. The first-order chi connectivity index (χ1) is 10.0. The minimum Gasteiger partial charge on any atom is -0.493 e. The highest BCUT2D eigenvalue weighted by Gasteiger charge is 2.12. The maximum atomic E-state index is 13.2. The van der Waals surface area contributed by atoms with Gasteiger partial charge >= 0.3 is 0 Å². The Labute approximate surface area is 138 Å². The van der Waals surface area contributed by atoms with Crippen LogP contribution in [0.4, 0.5) is 8.78 Å². The zero-order valence-corrected chi connectivity index (χ0v) is 14.3. The van der Waals surface area contributed by atoms with Crippen LogP contribution in [0.1, 0.15) is 11.1 Å². The number of benzene rings is 2. The highest BCUT2D eigenvalue weighted by atomic mass is 79.9. The molecule has 2 aromatic carbocycles. The van der Waals surface area contributed by atoms with Gasteiger partial charge in [0.15, 0.2) is 23.1 Å². The molecule has 0 N–H and O–H groups in total. The zero-order chi connectivity index (χ0) is 15.4. The van der Waals surface area contributed by atoms with Crippen molar-refractivity contribution in [2.75, 3.05) is 7.11 Å². The average Bonchev–Trinajstić information content (AvgIpc) is 2.48. The van der Waals surface area contributed by atoms with Gasteiger partial charge < -0.3 is 9.47 Å². The van der Waals surface area contributed by atoms with Crippen LogP contribution in [0.2, 0.25) is 0 Å². The van der Waals surface area contributed by atoms with Crippen molar-refractivity contribution < 1.29 is 18.3 Å². The number of rotatable bonds is 5. The fourth-order valence-electron chi connectivity index (χ4n) is 1.78. The fourth-order valence-corrected chi connectivity index (χ4v) is 2.70. The van der Waals surface area contributed by atoms with E-state index in [2.05, 4.69) is 31.9 Å². The van der Waals surface area contributed by atoms with E-state index in [1.54, 1.807) is 7.11 Å². The number of methoxy groups -OCH3 is 1. The molecule has 0 amide bonds. The van der Waals surface area contributed by atoms with Gasteiger partial charge in [0.05, 0.1) is 11.6 Å². The van der Waals surface area contributed by atoms with E-state index in [4.69, 9.17) is 9.47 Å². The third kappa shape index (κ3) is 3.95. The van der Waals surface area contributed by atoms with Crippen LogP contribution in [0.25, 0.3) is 0 Å². The molecule has 0 saturated carbocycles. The van der Waals surface area contributed by atoms with Crippen molar-refractivity contribution in [2.45, 2.75) is 11.9 Å². The summed E-state index contributed by atoms with van der Waals surface area (Å²) < 4.78 is 37.7. The summed E-state index contributed by atoms with van der Waals surface area (Å²) in [4.78, 5) is 0. The van der Waals surface area contributed by atoms with Crippen LogP contribution >= 0.6 is 31.9 Å². The number of halogens is 4. The lowest BCUT2D eigenvalue weighted by Gasteiger charge is -2.14. The molecule has 0 spiro atoms. The summed E-state index contributed by atoms with van der Waals surface area (Å²) in [5, 5.41) is 0.686. The van der Waals surface area contributed by atoms with Crippen LogP contribution in [0.15, 0.2) is 34.8 Å². The summed E-state index contributed by atoms with van der Waals surface area (Å²) in [5.41, 5.74) is 1.56. The van der Waals surface area contributed by atoms with Gasteiger partial charge in [-0.1, -0.05) is 22.0 Å². The van der Waals surface area contributed by atoms with Crippen molar-refractivity contribution in [1.29, 1.82) is 0 Å². The number of hydrogen-bond donors (Lipinski definition) is 0. The molecule has 0 aliphatic heterocycles. The Kier molecular flexibility index (Phi) is 5.58. The molecule has 112 valence electrons. The van der Waals surface area contributed by atoms with E-state index in [-0.39, 0.29) is 6.61 Å². The summed E-state index contributed by atoms with van der Waals surface area (Å²) in [6.07, 6.45) is 0. The predicted octanol–water partition coefficient (Wildman–Crippen LogP) is 5.21. The Morgan fingerprint density at radius 3 is 2.43 bits per heavy atom. The molecule has 2 aromatic rings. The molecule has 0 radical (unpaired) electrons. The molecular weight excluding hydrogens is 410 g/mol. The van der Waals surface area contributed by atoms with E-state index in [0.717, 1.165) is 22.2 Å². The monoisotopic (exact) mass is 420 g/mol.